The Morgan fingerprint density at radius 1 is 1.10 bits per heavy atom. The fraction of sp³-hybridized carbons (Fsp3) is 0.353. The first-order chi connectivity index (χ1) is 10.3. The third kappa shape index (κ3) is 4.67. The van der Waals surface area contributed by atoms with Crippen LogP contribution in [0.5, 0.6) is 5.75 Å². The summed E-state index contributed by atoms with van der Waals surface area (Å²) >= 11 is 0. The molecule has 2 rings (SSSR count). The molecule has 0 unspecified atom stereocenters. The maximum atomic E-state index is 5.79. The van der Waals surface area contributed by atoms with E-state index in [2.05, 4.69) is 46.8 Å². The van der Waals surface area contributed by atoms with Gasteiger partial charge in [-0.1, -0.05) is 30.3 Å². The summed E-state index contributed by atoms with van der Waals surface area (Å²) in [6.45, 7) is 4.45. The fourth-order valence-electron chi connectivity index (χ4n) is 2.11. The number of ether oxygens (including phenoxy) is 1. The summed E-state index contributed by atoms with van der Waals surface area (Å²) in [4.78, 5) is 4.12. The summed E-state index contributed by atoms with van der Waals surface area (Å²) in [5, 5.41) is 8.85. The van der Waals surface area contributed by atoms with Crippen molar-refractivity contribution in [1.82, 2.24) is 10.6 Å². The molecule has 4 heteroatoms. The van der Waals surface area contributed by atoms with Gasteiger partial charge in [0, 0.05) is 20.1 Å². The standard InChI is InChI=1S/C17H23N3O/c1-3-19-17(18-2)20-11-6-12-21-16-10-9-14-7-4-5-8-15(14)13-16/h4-5,7-10,13H,3,6,11-12H2,1-2H3,(H2,18,19,20). The third-order valence-electron chi connectivity index (χ3n) is 3.17. The molecule has 2 aromatic rings. The van der Waals surface area contributed by atoms with Crippen LogP contribution in [0.4, 0.5) is 0 Å². The summed E-state index contributed by atoms with van der Waals surface area (Å²) in [6.07, 6.45) is 0.928. The molecule has 0 bridgehead atoms. The Balaban J connectivity index is 1.75. The molecule has 0 aliphatic carbocycles. The van der Waals surface area contributed by atoms with Crippen molar-refractivity contribution in [1.29, 1.82) is 0 Å². The van der Waals surface area contributed by atoms with Gasteiger partial charge in [0.05, 0.1) is 6.61 Å². The van der Waals surface area contributed by atoms with E-state index < -0.39 is 0 Å². The number of hydrogen-bond acceptors (Lipinski definition) is 2. The van der Waals surface area contributed by atoms with Gasteiger partial charge in [-0.25, -0.2) is 0 Å². The molecule has 112 valence electrons. The zero-order valence-electron chi connectivity index (χ0n) is 12.7. The van der Waals surface area contributed by atoms with E-state index in [1.54, 1.807) is 7.05 Å². The highest BCUT2D eigenvalue weighted by molar-refractivity contribution is 5.83. The maximum absolute atomic E-state index is 5.79. The Kier molecular flexibility index (Phi) is 5.88. The van der Waals surface area contributed by atoms with Crippen molar-refractivity contribution in [2.24, 2.45) is 4.99 Å². The molecule has 0 spiro atoms. The number of guanidine groups is 1. The number of benzene rings is 2. The van der Waals surface area contributed by atoms with Crippen LogP contribution >= 0.6 is 0 Å². The number of nitrogens with zero attached hydrogens (tertiary/aromatic N) is 1. The van der Waals surface area contributed by atoms with Gasteiger partial charge in [-0.2, -0.15) is 0 Å². The number of hydrogen-bond donors (Lipinski definition) is 2. The zero-order chi connectivity index (χ0) is 14.9. The lowest BCUT2D eigenvalue weighted by atomic mass is 10.1. The number of nitrogens with one attached hydrogen (secondary N) is 2. The molecule has 4 nitrogen and oxygen atoms in total. The first kappa shape index (κ1) is 15.2. The average Bonchev–Trinajstić information content (AvgIpc) is 2.53. The second kappa shape index (κ2) is 8.15. The van der Waals surface area contributed by atoms with Gasteiger partial charge in [0.1, 0.15) is 5.75 Å². The molecule has 0 aromatic heterocycles. The molecule has 0 aliphatic heterocycles. The Hall–Kier alpha value is -2.23. The van der Waals surface area contributed by atoms with Crippen LogP contribution < -0.4 is 15.4 Å². The van der Waals surface area contributed by atoms with Crippen LogP contribution in [0.25, 0.3) is 10.8 Å². The van der Waals surface area contributed by atoms with Crippen molar-refractivity contribution >= 4 is 16.7 Å². The van der Waals surface area contributed by atoms with E-state index in [0.29, 0.717) is 6.61 Å². The highest BCUT2D eigenvalue weighted by atomic mass is 16.5. The highest BCUT2D eigenvalue weighted by Gasteiger charge is 1.98. The summed E-state index contributed by atoms with van der Waals surface area (Å²) in [5.74, 6) is 1.76. The fourth-order valence-corrected chi connectivity index (χ4v) is 2.11. The molecular weight excluding hydrogens is 262 g/mol. The molecule has 0 amide bonds. The summed E-state index contributed by atoms with van der Waals surface area (Å²) in [7, 11) is 1.77. The monoisotopic (exact) mass is 285 g/mol. The zero-order valence-corrected chi connectivity index (χ0v) is 12.7. The van der Waals surface area contributed by atoms with E-state index in [1.165, 1.54) is 10.8 Å². The van der Waals surface area contributed by atoms with Crippen LogP contribution in [0.2, 0.25) is 0 Å². The Morgan fingerprint density at radius 2 is 1.90 bits per heavy atom. The van der Waals surface area contributed by atoms with Gasteiger partial charge in [-0.15, -0.1) is 0 Å². The molecule has 0 heterocycles. The predicted octanol–water partition coefficient (Wildman–Crippen LogP) is 2.79. The molecule has 0 fully saturated rings. The van der Waals surface area contributed by atoms with Crippen LogP contribution in [0.15, 0.2) is 47.5 Å². The average molecular weight is 285 g/mol. The van der Waals surface area contributed by atoms with Crippen molar-refractivity contribution in [2.45, 2.75) is 13.3 Å². The SMILES string of the molecule is CCNC(=NC)NCCCOc1ccc2ccccc2c1. The first-order valence-corrected chi connectivity index (χ1v) is 7.39. The minimum atomic E-state index is 0.689. The van der Waals surface area contributed by atoms with Crippen LogP contribution in [0, 0.1) is 0 Å². The van der Waals surface area contributed by atoms with Crippen molar-refractivity contribution in [3.63, 3.8) is 0 Å². The van der Waals surface area contributed by atoms with Gasteiger partial charge in [0.15, 0.2) is 5.96 Å². The highest BCUT2D eigenvalue weighted by Crippen LogP contribution is 2.20. The van der Waals surface area contributed by atoms with Crippen LogP contribution in [-0.4, -0.2) is 32.7 Å². The van der Waals surface area contributed by atoms with Crippen molar-refractivity contribution in [3.8, 4) is 5.75 Å². The topological polar surface area (TPSA) is 45.7 Å². The van der Waals surface area contributed by atoms with E-state index >= 15 is 0 Å². The second-order valence-electron chi connectivity index (χ2n) is 4.74. The van der Waals surface area contributed by atoms with Gasteiger partial charge in [-0.3, -0.25) is 4.99 Å². The smallest absolute Gasteiger partial charge is 0.190 e. The predicted molar refractivity (Wildman–Crippen MR) is 89.1 cm³/mol. The van der Waals surface area contributed by atoms with E-state index in [9.17, 15) is 0 Å². The molecule has 0 atom stereocenters. The summed E-state index contributed by atoms with van der Waals surface area (Å²) < 4.78 is 5.79. The lowest BCUT2D eigenvalue weighted by Crippen LogP contribution is -2.37. The summed E-state index contributed by atoms with van der Waals surface area (Å²) in [6, 6.07) is 14.5. The van der Waals surface area contributed by atoms with Gasteiger partial charge in [0.25, 0.3) is 0 Å². The molecule has 0 saturated carbocycles. The molecule has 0 radical (unpaired) electrons. The van der Waals surface area contributed by atoms with Crippen LogP contribution in [0.1, 0.15) is 13.3 Å². The quantitative estimate of drug-likeness (QED) is 0.487. The molecule has 2 N–H and O–H groups in total. The first-order valence-electron chi connectivity index (χ1n) is 7.39. The largest absolute Gasteiger partial charge is 0.494 e. The van der Waals surface area contributed by atoms with Crippen molar-refractivity contribution in [3.05, 3.63) is 42.5 Å². The summed E-state index contributed by atoms with van der Waals surface area (Å²) in [5.41, 5.74) is 0. The van der Waals surface area contributed by atoms with E-state index in [-0.39, 0.29) is 0 Å². The second-order valence-corrected chi connectivity index (χ2v) is 4.74. The number of aliphatic imine (C=N–C) groups is 1. The van der Waals surface area contributed by atoms with Crippen molar-refractivity contribution in [2.75, 3.05) is 26.7 Å². The Labute approximate surface area is 126 Å². The van der Waals surface area contributed by atoms with Gasteiger partial charge in [-0.05, 0) is 36.2 Å². The van der Waals surface area contributed by atoms with Crippen LogP contribution in [-0.2, 0) is 0 Å². The van der Waals surface area contributed by atoms with Crippen molar-refractivity contribution < 1.29 is 4.74 Å². The lowest BCUT2D eigenvalue weighted by Gasteiger charge is -2.11. The molecule has 2 aromatic carbocycles. The maximum Gasteiger partial charge on any atom is 0.190 e. The van der Waals surface area contributed by atoms with Gasteiger partial charge >= 0.3 is 0 Å². The minimum Gasteiger partial charge on any atom is -0.494 e. The molecular formula is C17H23N3O. The Morgan fingerprint density at radius 3 is 2.67 bits per heavy atom. The van der Waals surface area contributed by atoms with Gasteiger partial charge in [0.2, 0.25) is 0 Å². The van der Waals surface area contributed by atoms with E-state index in [0.717, 1.165) is 31.2 Å². The third-order valence-corrected chi connectivity index (χ3v) is 3.17. The molecule has 0 saturated heterocycles. The molecule has 21 heavy (non-hydrogen) atoms. The normalized spacial score (nSPS) is 11.4. The van der Waals surface area contributed by atoms with Gasteiger partial charge < -0.3 is 15.4 Å². The minimum absolute atomic E-state index is 0.689. The number of rotatable bonds is 6. The van der Waals surface area contributed by atoms with E-state index in [4.69, 9.17) is 4.74 Å². The Bertz CT molecular complexity index is 595. The lowest BCUT2D eigenvalue weighted by molar-refractivity contribution is 0.311. The van der Waals surface area contributed by atoms with E-state index in [1.807, 2.05) is 18.2 Å². The van der Waals surface area contributed by atoms with Crippen LogP contribution in [0.3, 0.4) is 0 Å². The number of fused-ring (bicyclic) bond motifs is 1. The molecule has 0 aliphatic rings.